The maximum absolute atomic E-state index is 13.8. The van der Waals surface area contributed by atoms with Crippen LogP contribution >= 0.6 is 0 Å². The van der Waals surface area contributed by atoms with Crippen molar-refractivity contribution in [3.05, 3.63) is 83.9 Å². The number of amides is 10. The van der Waals surface area contributed by atoms with Crippen molar-refractivity contribution >= 4 is 70.8 Å². The SMILES string of the molecule is CNCNC(=O)CNC(=O)OCc1ccc(NC(=O)[C@H](CCCNC(N)=O)NC(=O)[C@@H](NC(=O)[C@H](CCC(=O)O)NC(=O)CCOCCOCCOCCOCCNC(=O)CCC(=O)N2Cc3ccccc3-c3c(nnn3C)-c3ccccc32)C(C)C)cc1. The Bertz CT molecular complexity index is 3000. The van der Waals surface area contributed by atoms with Crippen molar-refractivity contribution in [1.29, 1.82) is 0 Å². The van der Waals surface area contributed by atoms with Crippen LogP contribution in [0, 0.1) is 5.92 Å². The number of para-hydroxylation sites is 1. The second kappa shape index (κ2) is 38.2. The van der Waals surface area contributed by atoms with E-state index in [-0.39, 0.29) is 136 Å². The van der Waals surface area contributed by atoms with Crippen LogP contribution in [-0.4, -0.2) is 184 Å². The normalized spacial score (nSPS) is 12.5. The number of aryl methyl sites for hydroxylation is 1. The van der Waals surface area contributed by atoms with E-state index in [2.05, 4.69) is 58.2 Å². The third kappa shape index (κ3) is 24.9. The molecule has 0 saturated heterocycles. The number of carboxylic acid groups (broad SMARTS) is 1. The number of alkyl carbamates (subject to hydrolysis) is 1. The third-order valence-electron chi connectivity index (χ3n) is 13.5. The smallest absolute Gasteiger partial charge is 0.407 e. The molecule has 3 aromatic carbocycles. The molecular weight excluding hydrogens is 1160 g/mol. The first-order valence-electron chi connectivity index (χ1n) is 29.2. The van der Waals surface area contributed by atoms with Gasteiger partial charge in [0, 0.05) is 62.6 Å². The lowest BCUT2D eigenvalue weighted by Gasteiger charge is -2.28. The van der Waals surface area contributed by atoms with Gasteiger partial charge in [0.2, 0.25) is 41.4 Å². The highest BCUT2D eigenvalue weighted by atomic mass is 16.6. The van der Waals surface area contributed by atoms with Gasteiger partial charge in [0.25, 0.3) is 0 Å². The van der Waals surface area contributed by atoms with Crippen LogP contribution in [0.5, 0.6) is 0 Å². The van der Waals surface area contributed by atoms with Crippen LogP contribution in [0.3, 0.4) is 0 Å². The molecule has 0 fully saturated rings. The molecule has 0 aliphatic carbocycles. The number of aliphatic carboxylic acids is 1. The summed E-state index contributed by atoms with van der Waals surface area (Å²) < 4.78 is 29.0. The van der Waals surface area contributed by atoms with Gasteiger partial charge in [-0.3, -0.25) is 38.4 Å². The molecule has 1 aliphatic heterocycles. The number of nitrogens with two attached hydrogens (primary N) is 1. The molecule has 3 atom stereocenters. The van der Waals surface area contributed by atoms with Crippen LogP contribution < -0.4 is 58.5 Å². The van der Waals surface area contributed by atoms with Gasteiger partial charge in [-0.25, -0.2) is 14.3 Å². The largest absolute Gasteiger partial charge is 0.481 e. The van der Waals surface area contributed by atoms with Gasteiger partial charge in [-0.05, 0) is 61.6 Å². The Balaban J connectivity index is 0.948. The summed E-state index contributed by atoms with van der Waals surface area (Å²) in [5.41, 5.74) is 10.9. The summed E-state index contributed by atoms with van der Waals surface area (Å²) in [6, 6.07) is 17.0. The molecule has 0 unspecified atom stereocenters. The number of aromatic nitrogens is 3. The summed E-state index contributed by atoms with van der Waals surface area (Å²) in [6.45, 7) is 5.21. The standard InChI is InChI=1S/C59H82N14O16/c1-38(2)52(57(82)68-44(13-9-24-63-58(60)83)55(80)66-41-17-15-39(16-18-41)36-89-59(84)64-34-49(76)65-37-61-3)69-56(81)45(19-22-51(78)79)67-48(75)23-26-85-28-30-87-32-33-88-31-29-86-27-25-62-47(74)20-21-50(77)73-35-40-10-5-6-11-42(40)54-53(70-71-72(54)4)43-12-7-8-14-46(43)73/h5-8,10-12,14-18,38,44-45,52,61H,9,13,19-37H2,1-4H3,(H,62,74)(H,64,84)(H,65,76)(H,66,80)(H,67,75)(H,68,82)(H,69,81)(H,78,79)(H3,60,63,83)/t44-,45-,52-/m0/s1. The molecule has 4 aromatic rings. The van der Waals surface area contributed by atoms with Gasteiger partial charge in [0.1, 0.15) is 37.0 Å². The molecule has 0 spiro atoms. The number of anilines is 2. The van der Waals surface area contributed by atoms with Crippen LogP contribution in [0.4, 0.5) is 21.0 Å². The number of rotatable bonds is 39. The summed E-state index contributed by atoms with van der Waals surface area (Å²) in [5, 5.41) is 41.4. The molecule has 12 N–H and O–H groups in total. The van der Waals surface area contributed by atoms with E-state index in [0.717, 1.165) is 22.4 Å². The van der Waals surface area contributed by atoms with Crippen molar-refractivity contribution in [2.75, 3.05) is 96.4 Å². The van der Waals surface area contributed by atoms with E-state index in [1.165, 1.54) is 12.1 Å². The molecular formula is C59H82N14O16. The molecule has 2 heterocycles. The second-order valence-corrected chi connectivity index (χ2v) is 20.6. The van der Waals surface area contributed by atoms with Gasteiger partial charge in [-0.2, -0.15) is 0 Å². The van der Waals surface area contributed by atoms with Gasteiger partial charge in [0.05, 0.1) is 77.4 Å². The zero-order chi connectivity index (χ0) is 64.5. The van der Waals surface area contributed by atoms with E-state index in [0.29, 0.717) is 29.2 Å². The number of carbonyl (C=O) groups excluding carboxylic acids is 9. The zero-order valence-electron chi connectivity index (χ0n) is 50.5. The highest BCUT2D eigenvalue weighted by molar-refractivity contribution is 6.02. The maximum atomic E-state index is 13.8. The number of hydrogen-bond acceptors (Lipinski definition) is 18. The fourth-order valence-electron chi connectivity index (χ4n) is 8.91. The Morgan fingerprint density at radius 3 is 1.97 bits per heavy atom. The molecule has 0 radical (unpaired) electrons. The topological polar surface area (TPSA) is 405 Å². The number of nitrogens with one attached hydrogen (secondary N) is 9. The lowest BCUT2D eigenvalue weighted by molar-refractivity contribution is -0.138. The molecule has 30 heteroatoms. The Morgan fingerprint density at radius 1 is 0.640 bits per heavy atom. The summed E-state index contributed by atoms with van der Waals surface area (Å²) in [5.74, 6) is -5.57. The summed E-state index contributed by atoms with van der Waals surface area (Å²) in [4.78, 5) is 129. The first-order chi connectivity index (χ1) is 42.8. The molecule has 484 valence electrons. The zero-order valence-corrected chi connectivity index (χ0v) is 50.5. The van der Waals surface area contributed by atoms with Gasteiger partial charge in [-0.1, -0.05) is 73.7 Å². The fourth-order valence-corrected chi connectivity index (χ4v) is 8.91. The predicted octanol–water partition coefficient (Wildman–Crippen LogP) is 0.930. The molecule has 5 rings (SSSR count). The molecule has 0 saturated carbocycles. The third-order valence-corrected chi connectivity index (χ3v) is 13.5. The van der Waals surface area contributed by atoms with Crippen LogP contribution in [0.1, 0.15) is 69.9 Å². The van der Waals surface area contributed by atoms with Crippen molar-refractivity contribution in [1.82, 2.24) is 57.5 Å². The molecule has 30 nitrogen and oxygen atoms in total. The summed E-state index contributed by atoms with van der Waals surface area (Å²) >= 11 is 0. The highest BCUT2D eigenvalue weighted by Gasteiger charge is 2.33. The first kappa shape index (κ1) is 70.7. The molecule has 0 bridgehead atoms. The van der Waals surface area contributed by atoms with Crippen molar-refractivity contribution in [2.24, 2.45) is 18.7 Å². The number of benzene rings is 3. The number of primary amides is 1. The fraction of sp³-hybridized carbons (Fsp3) is 0.492. The summed E-state index contributed by atoms with van der Waals surface area (Å²) in [6.07, 6.45) is -1.60. The number of fused-ring (bicyclic) bond motifs is 5. The van der Waals surface area contributed by atoms with E-state index in [1.807, 2.05) is 55.6 Å². The van der Waals surface area contributed by atoms with E-state index in [4.69, 9.17) is 29.4 Å². The minimum atomic E-state index is -1.36. The highest BCUT2D eigenvalue weighted by Crippen LogP contribution is 2.40. The van der Waals surface area contributed by atoms with Gasteiger partial charge in [-0.15, -0.1) is 5.10 Å². The van der Waals surface area contributed by atoms with E-state index in [1.54, 1.807) is 42.6 Å². The number of carbonyl (C=O) groups is 10. The Kier molecular flexibility index (Phi) is 30.4. The monoisotopic (exact) mass is 1240 g/mol. The predicted molar refractivity (Wildman–Crippen MR) is 323 cm³/mol. The minimum Gasteiger partial charge on any atom is -0.481 e. The van der Waals surface area contributed by atoms with Crippen molar-refractivity contribution < 1.29 is 76.7 Å². The lowest BCUT2D eigenvalue weighted by atomic mass is 9.95. The van der Waals surface area contributed by atoms with E-state index in [9.17, 15) is 53.1 Å². The van der Waals surface area contributed by atoms with Gasteiger partial charge in [0.15, 0.2) is 0 Å². The first-order valence-corrected chi connectivity index (χ1v) is 29.2. The Labute approximate surface area is 515 Å². The molecule has 1 aliphatic rings. The molecule has 1 aromatic heterocycles. The van der Waals surface area contributed by atoms with Crippen molar-refractivity contribution in [3.8, 4) is 22.5 Å². The molecule has 89 heavy (non-hydrogen) atoms. The number of ether oxygens (including phenoxy) is 5. The van der Waals surface area contributed by atoms with Crippen molar-refractivity contribution in [2.45, 2.75) is 90.1 Å². The van der Waals surface area contributed by atoms with Crippen LogP contribution in [0.25, 0.3) is 22.5 Å². The van der Waals surface area contributed by atoms with E-state index < -0.39 is 78.1 Å². The Hall–Kier alpha value is -9.10. The van der Waals surface area contributed by atoms with Crippen molar-refractivity contribution in [3.63, 3.8) is 0 Å². The summed E-state index contributed by atoms with van der Waals surface area (Å²) in [7, 11) is 3.48. The average Bonchev–Trinajstić information content (AvgIpc) is 1.86. The Morgan fingerprint density at radius 2 is 1.29 bits per heavy atom. The van der Waals surface area contributed by atoms with Crippen LogP contribution in [-0.2, 0) is 82.2 Å². The van der Waals surface area contributed by atoms with Gasteiger partial charge >= 0.3 is 18.1 Å². The number of nitrogens with zero attached hydrogens (tertiary/aromatic N) is 4. The maximum Gasteiger partial charge on any atom is 0.407 e. The average molecular weight is 1240 g/mol. The minimum absolute atomic E-state index is 0.00430. The number of urea groups is 1. The van der Waals surface area contributed by atoms with Crippen LogP contribution in [0.15, 0.2) is 72.8 Å². The second-order valence-electron chi connectivity index (χ2n) is 20.6. The van der Waals surface area contributed by atoms with Gasteiger partial charge < -0.3 is 87.3 Å². The van der Waals surface area contributed by atoms with E-state index >= 15 is 0 Å². The quantitative estimate of drug-likeness (QED) is 0.0219. The van der Waals surface area contributed by atoms with Crippen LogP contribution in [0.2, 0.25) is 0 Å². The number of carboxylic acids is 1. The molecule has 10 amide bonds. The number of hydrogen-bond donors (Lipinski definition) is 11. The lowest BCUT2D eigenvalue weighted by Crippen LogP contribution is -2.58.